The lowest BCUT2D eigenvalue weighted by atomic mass is 10.00. The highest BCUT2D eigenvalue weighted by Crippen LogP contribution is 2.49. The first-order valence-electron chi connectivity index (χ1n) is 20.7. The smallest absolute Gasteiger partial charge is 0.246 e. The Labute approximate surface area is 366 Å². The van der Waals surface area contributed by atoms with Crippen molar-refractivity contribution in [3.63, 3.8) is 0 Å². The van der Waals surface area contributed by atoms with Crippen LogP contribution in [0.1, 0.15) is 49.8 Å². The Balaban J connectivity index is 1.44. The number of nitrogens with one attached hydrogen (secondary N) is 6. The number of hydrogen-bond donors (Lipinski definition) is 11. The van der Waals surface area contributed by atoms with E-state index in [-0.39, 0.29) is 68.6 Å². The van der Waals surface area contributed by atoms with Gasteiger partial charge in [-0.15, -0.1) is 0 Å². The van der Waals surface area contributed by atoms with Crippen LogP contribution in [0, 0.1) is 11.8 Å². The fourth-order valence-electron chi connectivity index (χ4n) is 7.09. The summed E-state index contributed by atoms with van der Waals surface area (Å²) in [7, 11) is 0. The van der Waals surface area contributed by atoms with Crippen LogP contribution in [0.2, 0.25) is 0 Å². The maximum absolute atomic E-state index is 14.3. The molecule has 1 aliphatic carbocycles. The second-order valence-electron chi connectivity index (χ2n) is 15.9. The second kappa shape index (κ2) is 23.3. The molecule has 0 saturated heterocycles. The Morgan fingerprint density at radius 2 is 1.25 bits per heavy atom. The summed E-state index contributed by atoms with van der Waals surface area (Å²) in [5.74, 6) is -5.30. The number of nitrogens with two attached hydrogens (primary N) is 4. The summed E-state index contributed by atoms with van der Waals surface area (Å²) in [5.41, 5.74) is 23.3. The van der Waals surface area contributed by atoms with Crippen LogP contribution in [0.15, 0.2) is 89.9 Å². The molecule has 0 radical (unpaired) electrons. The monoisotopic (exact) mass is 869 g/mol. The van der Waals surface area contributed by atoms with Gasteiger partial charge in [0.25, 0.3) is 0 Å². The number of primary amides is 1. The van der Waals surface area contributed by atoms with Crippen molar-refractivity contribution in [3.8, 4) is 5.75 Å². The fourth-order valence-corrected chi connectivity index (χ4v) is 7.09. The molecule has 0 spiro atoms. The van der Waals surface area contributed by atoms with Crippen LogP contribution in [0.5, 0.6) is 5.75 Å². The standard InChI is InChI=1S/C44H59N11O8/c1-26(2)31-23-44(31,42(63)54-33(14-9-19-49-43(47)48)40(61)53-34(38(46)59)21-27-10-5-3-6-11-27)55-41(62)35(22-28-12-7-4-8-13-28)52-37(58)25-50-36(57)24-51-39(60)32(45)20-29-15-17-30(56)18-16-29/h3-8,10-13,15-18,26,31-35,56H,9,14,19-25,45H2,1-2H3,(H2,46,59)(H,50,57)(H,51,60)(H,52,58)(H,53,61)(H,54,63)(H,55,62)(H4,47,48,49)/t31-,32+,33+,34+,35+,44+/m1/s1. The van der Waals surface area contributed by atoms with Crippen molar-refractivity contribution in [2.24, 2.45) is 39.8 Å². The van der Waals surface area contributed by atoms with Crippen molar-refractivity contribution in [1.82, 2.24) is 31.9 Å². The van der Waals surface area contributed by atoms with Gasteiger partial charge >= 0.3 is 0 Å². The van der Waals surface area contributed by atoms with Crippen LogP contribution in [-0.4, -0.2) is 102 Å². The molecule has 1 aliphatic rings. The van der Waals surface area contributed by atoms with Gasteiger partial charge in [-0.25, -0.2) is 0 Å². The van der Waals surface area contributed by atoms with E-state index in [2.05, 4.69) is 36.9 Å². The van der Waals surface area contributed by atoms with E-state index in [4.69, 9.17) is 22.9 Å². The summed E-state index contributed by atoms with van der Waals surface area (Å²) in [5, 5.41) is 25.3. The molecule has 0 bridgehead atoms. The Morgan fingerprint density at radius 1 is 0.683 bits per heavy atom. The third-order valence-corrected chi connectivity index (χ3v) is 10.6. The van der Waals surface area contributed by atoms with Crippen LogP contribution < -0.4 is 54.8 Å². The zero-order chi connectivity index (χ0) is 46.1. The number of hydrogen-bond acceptors (Lipinski definition) is 10. The summed E-state index contributed by atoms with van der Waals surface area (Å²) in [6.45, 7) is 2.92. The molecular weight excluding hydrogens is 811 g/mol. The molecule has 3 aromatic carbocycles. The number of rotatable bonds is 24. The number of carbonyl (C=O) groups is 7. The Hall–Kier alpha value is -7.02. The summed E-state index contributed by atoms with van der Waals surface area (Å²) in [4.78, 5) is 97.1. The summed E-state index contributed by atoms with van der Waals surface area (Å²) in [6.07, 6.45) is 0.859. The first-order valence-corrected chi connectivity index (χ1v) is 20.7. The van der Waals surface area contributed by atoms with Gasteiger partial charge in [-0.3, -0.25) is 38.6 Å². The van der Waals surface area contributed by atoms with E-state index >= 15 is 0 Å². The minimum Gasteiger partial charge on any atom is -0.508 e. The highest BCUT2D eigenvalue weighted by atomic mass is 16.3. The molecule has 0 heterocycles. The van der Waals surface area contributed by atoms with Gasteiger partial charge in [-0.1, -0.05) is 86.6 Å². The van der Waals surface area contributed by atoms with Crippen LogP contribution in [0.25, 0.3) is 0 Å². The van der Waals surface area contributed by atoms with Crippen LogP contribution >= 0.6 is 0 Å². The van der Waals surface area contributed by atoms with E-state index in [1.54, 1.807) is 66.7 Å². The second-order valence-corrected chi connectivity index (χ2v) is 15.9. The topological polar surface area (TPSA) is 328 Å². The molecule has 15 N–H and O–H groups in total. The lowest BCUT2D eigenvalue weighted by Gasteiger charge is -2.27. The average Bonchev–Trinajstić information content (AvgIpc) is 3.99. The number of phenols is 1. The Bertz CT molecular complexity index is 2080. The molecule has 19 nitrogen and oxygen atoms in total. The first kappa shape index (κ1) is 48.6. The molecule has 4 rings (SSSR count). The van der Waals surface area contributed by atoms with Gasteiger partial charge < -0.3 is 59.9 Å². The van der Waals surface area contributed by atoms with Crippen molar-refractivity contribution < 1.29 is 38.7 Å². The number of phenolic OH excluding ortho intramolecular Hbond substituents is 1. The van der Waals surface area contributed by atoms with E-state index in [1.807, 2.05) is 19.9 Å². The molecule has 0 unspecified atom stereocenters. The number of nitrogens with zero attached hydrogens (tertiary/aromatic N) is 1. The molecule has 7 amide bonds. The SMILES string of the molecule is CC(C)[C@H]1C[C@@]1(NC(=O)[C@H](Cc1ccccc1)NC(=O)CNC(=O)CNC(=O)[C@@H](N)Cc1ccc(O)cc1)C(=O)N[C@@H](CCCN=C(N)N)C(=O)N[C@@H](Cc1ccccc1)C(N)=O. The number of benzene rings is 3. The van der Waals surface area contributed by atoms with Crippen molar-refractivity contribution >= 4 is 47.3 Å². The normalized spacial score (nSPS) is 17.1. The number of amides is 7. The molecule has 6 atom stereocenters. The minimum absolute atomic E-state index is 0.0249. The predicted molar refractivity (Wildman–Crippen MR) is 235 cm³/mol. The zero-order valence-electron chi connectivity index (χ0n) is 35.5. The number of aliphatic imine (C=N–C) groups is 1. The van der Waals surface area contributed by atoms with Crippen molar-refractivity contribution in [2.75, 3.05) is 19.6 Å². The lowest BCUT2D eigenvalue weighted by Crippen LogP contribution is -2.60. The predicted octanol–water partition coefficient (Wildman–Crippen LogP) is -1.50. The van der Waals surface area contributed by atoms with E-state index in [0.29, 0.717) is 11.1 Å². The minimum atomic E-state index is -1.47. The van der Waals surface area contributed by atoms with Crippen LogP contribution in [-0.2, 0) is 52.8 Å². The van der Waals surface area contributed by atoms with Gasteiger partial charge in [-0.05, 0) is 66.3 Å². The summed E-state index contributed by atoms with van der Waals surface area (Å²) < 4.78 is 0. The number of carbonyl (C=O) groups excluding carboxylic acids is 7. The number of guanidine groups is 1. The fraction of sp³-hybridized carbons (Fsp3) is 0.409. The molecular formula is C44H59N11O8. The third kappa shape index (κ3) is 15.4. The van der Waals surface area contributed by atoms with E-state index in [9.17, 15) is 38.7 Å². The number of aromatic hydroxyl groups is 1. The lowest BCUT2D eigenvalue weighted by molar-refractivity contribution is -0.135. The molecule has 63 heavy (non-hydrogen) atoms. The molecule has 3 aromatic rings. The highest BCUT2D eigenvalue weighted by molar-refractivity contribution is 6.00. The molecule has 1 saturated carbocycles. The van der Waals surface area contributed by atoms with E-state index < -0.39 is 84.1 Å². The maximum atomic E-state index is 14.3. The Kier molecular flexibility index (Phi) is 18.0. The van der Waals surface area contributed by atoms with Gasteiger partial charge in [0.15, 0.2) is 5.96 Å². The zero-order valence-corrected chi connectivity index (χ0v) is 35.5. The van der Waals surface area contributed by atoms with Crippen molar-refractivity contribution in [2.45, 2.75) is 82.1 Å². The quantitative estimate of drug-likeness (QED) is 0.0280. The van der Waals surface area contributed by atoms with Gasteiger partial charge in [0, 0.05) is 19.4 Å². The van der Waals surface area contributed by atoms with Gasteiger partial charge in [0.1, 0.15) is 29.4 Å². The van der Waals surface area contributed by atoms with Crippen LogP contribution in [0.4, 0.5) is 0 Å². The first-order chi connectivity index (χ1) is 30.0. The van der Waals surface area contributed by atoms with Gasteiger partial charge in [-0.2, -0.15) is 0 Å². The van der Waals surface area contributed by atoms with E-state index in [1.165, 1.54) is 12.1 Å². The molecule has 19 heteroatoms. The average molecular weight is 870 g/mol. The van der Waals surface area contributed by atoms with Gasteiger partial charge in [0.2, 0.25) is 41.4 Å². The molecule has 0 aliphatic heterocycles. The molecule has 338 valence electrons. The third-order valence-electron chi connectivity index (χ3n) is 10.6. The van der Waals surface area contributed by atoms with Crippen molar-refractivity contribution in [3.05, 3.63) is 102 Å². The highest BCUT2D eigenvalue weighted by Gasteiger charge is 2.62. The van der Waals surface area contributed by atoms with Crippen molar-refractivity contribution in [1.29, 1.82) is 0 Å². The summed E-state index contributed by atoms with van der Waals surface area (Å²) >= 11 is 0. The Morgan fingerprint density at radius 3 is 1.81 bits per heavy atom. The van der Waals surface area contributed by atoms with Crippen LogP contribution in [0.3, 0.4) is 0 Å². The largest absolute Gasteiger partial charge is 0.508 e. The summed E-state index contributed by atoms with van der Waals surface area (Å²) in [6, 6.07) is 19.5. The van der Waals surface area contributed by atoms with E-state index in [0.717, 1.165) is 5.56 Å². The molecule has 0 aromatic heterocycles. The maximum Gasteiger partial charge on any atom is 0.246 e. The van der Waals surface area contributed by atoms with Gasteiger partial charge in [0.05, 0.1) is 19.1 Å². The molecule has 1 fully saturated rings.